The zero-order valence-corrected chi connectivity index (χ0v) is 21.2. The molecule has 3 rings (SSSR count). The molecule has 3 aromatic carbocycles. The van der Waals surface area contributed by atoms with Crippen LogP contribution in [0.15, 0.2) is 77.1 Å². The molecule has 0 fully saturated rings. The van der Waals surface area contributed by atoms with Crippen molar-refractivity contribution in [2.45, 2.75) is 19.1 Å². The molecule has 10 nitrogen and oxygen atoms in total. The van der Waals surface area contributed by atoms with Gasteiger partial charge in [0.15, 0.2) is 0 Å². The predicted octanol–water partition coefficient (Wildman–Crippen LogP) is 4.36. The van der Waals surface area contributed by atoms with E-state index in [1.54, 1.807) is 0 Å². The van der Waals surface area contributed by atoms with Gasteiger partial charge in [-0.2, -0.15) is 13.2 Å². The van der Waals surface area contributed by atoms with Crippen LogP contribution in [-0.4, -0.2) is 24.3 Å². The number of benzene rings is 3. The lowest BCUT2D eigenvalue weighted by molar-refractivity contribution is -0.347. The maximum atomic E-state index is 13.3. The molecule has 0 aromatic heterocycles. The first-order valence-corrected chi connectivity index (χ1v) is 11.5. The van der Waals surface area contributed by atoms with E-state index < -0.39 is 40.8 Å². The number of alkyl halides is 6. The number of carbonyl (C=O) groups excluding carboxylic acids is 2. The highest BCUT2D eigenvalue weighted by atomic mass is 35.5. The number of halogens is 7. The summed E-state index contributed by atoms with van der Waals surface area (Å²) in [6.45, 7) is -0.220. The van der Waals surface area contributed by atoms with Crippen molar-refractivity contribution in [1.82, 2.24) is 0 Å². The Balaban J connectivity index is 1.91. The Hall–Kier alpha value is -4.86. The topological polar surface area (TPSA) is 149 Å². The number of rotatable bonds is 6. The minimum absolute atomic E-state index is 0.0679. The Morgan fingerprint density at radius 1 is 0.976 bits per heavy atom. The maximum Gasteiger partial charge on any atom is 0.573 e. The first-order valence-electron chi connectivity index (χ1n) is 11.1. The van der Waals surface area contributed by atoms with Crippen LogP contribution in [0.5, 0.6) is 5.75 Å². The second-order valence-electron chi connectivity index (χ2n) is 8.00. The third-order valence-electron chi connectivity index (χ3n) is 5.11. The highest BCUT2D eigenvalue weighted by molar-refractivity contribution is 6.31. The highest BCUT2D eigenvalue weighted by Crippen LogP contribution is 2.36. The van der Waals surface area contributed by atoms with Crippen molar-refractivity contribution in [3.63, 3.8) is 0 Å². The van der Waals surface area contributed by atoms with E-state index in [4.69, 9.17) is 23.2 Å². The smallest absolute Gasteiger partial charge is 0.406 e. The van der Waals surface area contributed by atoms with Crippen LogP contribution in [0.2, 0.25) is 5.02 Å². The van der Waals surface area contributed by atoms with Crippen LogP contribution in [0.4, 0.5) is 42.5 Å². The van der Waals surface area contributed by atoms with Crippen molar-refractivity contribution in [2.75, 3.05) is 10.2 Å². The Morgan fingerprint density at radius 2 is 1.61 bits per heavy atom. The van der Waals surface area contributed by atoms with E-state index in [0.717, 1.165) is 41.3 Å². The fraction of sp³-hybridized carbons (Fsp3) is 0.125. The quantitative estimate of drug-likeness (QED) is 0.0826. The molecule has 17 heteroatoms. The summed E-state index contributed by atoms with van der Waals surface area (Å²) in [5.41, 5.74) is 4.62. The van der Waals surface area contributed by atoms with Crippen LogP contribution in [0.25, 0.3) is 0 Å². The van der Waals surface area contributed by atoms with Crippen molar-refractivity contribution in [1.29, 1.82) is 0 Å². The van der Waals surface area contributed by atoms with Crippen molar-refractivity contribution in [2.24, 2.45) is 21.9 Å². The first-order chi connectivity index (χ1) is 19.2. The molecule has 3 aromatic rings. The summed E-state index contributed by atoms with van der Waals surface area (Å²) in [5.74, 6) is 3.28. The molecule has 0 aliphatic heterocycles. The molecule has 0 aliphatic rings. The van der Waals surface area contributed by atoms with Crippen LogP contribution < -0.4 is 31.5 Å². The van der Waals surface area contributed by atoms with E-state index in [1.165, 1.54) is 24.3 Å². The number of anilines is 2. The van der Waals surface area contributed by atoms with E-state index in [9.17, 15) is 35.9 Å². The van der Waals surface area contributed by atoms with Crippen molar-refractivity contribution < 1.29 is 45.7 Å². The third kappa shape index (κ3) is 8.82. The van der Waals surface area contributed by atoms with E-state index >= 15 is 0 Å². The molecule has 0 aliphatic carbocycles. The van der Waals surface area contributed by atoms with Crippen LogP contribution in [0, 0.1) is 0 Å². The average molecular weight is 603 g/mol. The largest absolute Gasteiger partial charge is 0.573 e. The molecule has 6 N–H and O–H groups in total. The number of carbonyl (C=O) groups is 2. The summed E-state index contributed by atoms with van der Waals surface area (Å²) in [6.07, 6.45) is -9.75. The molecule has 0 atom stereocenters. The van der Waals surface area contributed by atoms with Crippen molar-refractivity contribution in [3.8, 4) is 5.75 Å². The van der Waals surface area contributed by atoms with Crippen LogP contribution >= 0.6 is 11.6 Å². The van der Waals surface area contributed by atoms with Gasteiger partial charge in [-0.05, 0) is 60.2 Å². The van der Waals surface area contributed by atoms with Gasteiger partial charge in [0.25, 0.3) is 0 Å². The summed E-state index contributed by atoms with van der Waals surface area (Å²) >= 11 is 5.64. The number of amides is 3. The van der Waals surface area contributed by atoms with Crippen LogP contribution in [0.1, 0.15) is 21.5 Å². The normalized spacial score (nSPS) is 12.3. The Kier molecular flexibility index (Phi) is 9.39. The first kappa shape index (κ1) is 30.7. The van der Waals surface area contributed by atoms with Gasteiger partial charge in [0.05, 0.1) is 27.8 Å². The fourth-order valence-corrected chi connectivity index (χ4v) is 3.56. The maximum absolute atomic E-state index is 13.3. The highest BCUT2D eigenvalue weighted by Gasteiger charge is 2.34. The molecule has 3 amide bonds. The number of urea groups is 1. The van der Waals surface area contributed by atoms with Crippen LogP contribution in [-0.2, 0) is 12.7 Å². The van der Waals surface area contributed by atoms with Gasteiger partial charge in [-0.3, -0.25) is 21.3 Å². The predicted molar refractivity (Wildman–Crippen MR) is 135 cm³/mol. The fourth-order valence-electron chi connectivity index (χ4n) is 3.34. The van der Waals surface area contributed by atoms with E-state index in [-0.39, 0.29) is 29.4 Å². The molecule has 0 saturated heterocycles. The van der Waals surface area contributed by atoms with Gasteiger partial charge in [0, 0.05) is 16.6 Å². The monoisotopic (exact) mass is 602 g/mol. The van der Waals surface area contributed by atoms with Gasteiger partial charge in [-0.1, -0.05) is 23.7 Å². The summed E-state index contributed by atoms with van der Waals surface area (Å²) in [5, 5.41) is 7.93. The standard InChI is InChI=1S/C24H18ClF6N7O3/c25-19-10-5-15(11-18(19)23(26,27)28)34-22(40)38(16-6-8-17(9-7-16)41-24(29,30)31)12-13-1-3-14(4-2-13)20(39)35-21(32)36-37-33/h1-11H,12H2,(H,34,40)(H4,32,33,35,36,39)/p+1. The van der Waals surface area contributed by atoms with Gasteiger partial charge in [-0.15, -0.1) is 13.2 Å². The second-order valence-corrected chi connectivity index (χ2v) is 8.41. The van der Waals surface area contributed by atoms with Gasteiger partial charge in [-0.25, -0.2) is 9.79 Å². The second kappa shape index (κ2) is 12.5. The Bertz CT molecular complexity index is 1460. The van der Waals surface area contributed by atoms with E-state index in [1.807, 2.05) is 0 Å². The average Bonchev–Trinajstić information content (AvgIpc) is 2.88. The molecular weight excluding hydrogens is 584 g/mol. The van der Waals surface area contributed by atoms with Crippen molar-refractivity contribution >= 4 is 40.9 Å². The third-order valence-corrected chi connectivity index (χ3v) is 5.44. The Labute approximate surface area is 232 Å². The zero-order chi connectivity index (χ0) is 30.4. The lowest BCUT2D eigenvalue weighted by Gasteiger charge is -2.24. The van der Waals surface area contributed by atoms with E-state index in [0.29, 0.717) is 11.6 Å². The number of hydrogen-bond acceptors (Lipinski definition) is 4. The van der Waals surface area contributed by atoms with Crippen molar-refractivity contribution in [3.05, 3.63) is 88.4 Å². The zero-order valence-electron chi connectivity index (χ0n) is 20.4. The summed E-state index contributed by atoms with van der Waals surface area (Å²) in [4.78, 5) is 28.7. The lowest BCUT2D eigenvalue weighted by Crippen LogP contribution is -2.79. The molecule has 216 valence electrons. The minimum atomic E-state index is -4.95. The van der Waals surface area contributed by atoms with Crippen LogP contribution in [0.3, 0.4) is 0 Å². The molecule has 0 bridgehead atoms. The molecule has 0 saturated carbocycles. The SMILES string of the molecule is N/N=N\C(N)=[NH+]C(=O)c1ccc(CN(C(=O)Nc2ccc(Cl)c(C(F)(F)F)c2)c2ccc(OC(F)(F)F)cc2)cc1. The molecule has 41 heavy (non-hydrogen) atoms. The molecule has 0 heterocycles. The number of hydrogen-bond donors (Lipinski definition) is 4. The van der Waals surface area contributed by atoms with Gasteiger partial charge in [0.1, 0.15) is 5.75 Å². The number of guanidine groups is 1. The molecule has 0 radical (unpaired) electrons. The van der Waals surface area contributed by atoms with Gasteiger partial charge in [0.2, 0.25) is 0 Å². The summed E-state index contributed by atoms with van der Waals surface area (Å²) in [6, 6.07) is 11.7. The minimum Gasteiger partial charge on any atom is -0.406 e. The number of nitrogens with one attached hydrogen (secondary N) is 2. The number of nitrogens with zero attached hydrogens (tertiary/aromatic N) is 3. The van der Waals surface area contributed by atoms with E-state index in [2.05, 4.69) is 25.4 Å². The van der Waals surface area contributed by atoms with Gasteiger partial charge < -0.3 is 10.1 Å². The van der Waals surface area contributed by atoms with Gasteiger partial charge >= 0.3 is 30.4 Å². The summed E-state index contributed by atoms with van der Waals surface area (Å²) in [7, 11) is 0. The lowest BCUT2D eigenvalue weighted by atomic mass is 10.1. The summed E-state index contributed by atoms with van der Waals surface area (Å²) < 4.78 is 81.4. The molecule has 0 unspecified atom stereocenters. The number of ether oxygens (including phenoxy) is 1. The molecular formula is C24H19ClF6N7O3+. The Morgan fingerprint density at radius 3 is 2.17 bits per heavy atom. The molecule has 0 spiro atoms. The number of nitrogens with two attached hydrogens (primary N) is 2.